The van der Waals surface area contributed by atoms with E-state index in [0.717, 1.165) is 0 Å². The molecule has 0 bridgehead atoms. The molecule has 0 amide bonds. The van der Waals surface area contributed by atoms with Crippen LogP contribution in [-0.4, -0.2) is 59.3 Å². The number of carbonyl (C=O) groups excluding carboxylic acids is 3. The maximum Gasteiger partial charge on any atom is 0.309 e. The first-order valence-electron chi connectivity index (χ1n) is 10.7. The lowest BCUT2D eigenvalue weighted by Gasteiger charge is -2.40. The molecule has 2 aliphatic rings. The molecule has 0 aromatic rings. The number of rotatable bonds is 9. The van der Waals surface area contributed by atoms with Gasteiger partial charge in [-0.15, -0.1) is 0 Å². The molecule has 1 saturated carbocycles. The van der Waals surface area contributed by atoms with E-state index in [1.54, 1.807) is 0 Å². The minimum absolute atomic E-state index is 0.0625. The summed E-state index contributed by atoms with van der Waals surface area (Å²) in [5, 5.41) is 21.9. The molecular weight excluding hydrogens is 408 g/mol. The van der Waals surface area contributed by atoms with Crippen LogP contribution >= 0.6 is 0 Å². The molecule has 176 valence electrons. The van der Waals surface area contributed by atoms with E-state index in [4.69, 9.17) is 18.9 Å². The number of carbonyl (C=O) groups is 3. The molecule has 1 fully saturated rings. The highest BCUT2D eigenvalue weighted by Crippen LogP contribution is 2.49. The minimum Gasteiger partial charge on any atom is -0.463 e. The standard InChI is InChI=1S/C22H34O9/c1-12(2)6-18(25)28-9-15-10-29-21(31-19(26)7-13(3)4)20-16(15)8-17(24)22(20,27)11-30-14(5)23/h10,12-13,16-17,20-21,24,27H,6-9,11H2,1-5H3. The van der Waals surface area contributed by atoms with Crippen LogP contribution in [0.15, 0.2) is 11.8 Å². The summed E-state index contributed by atoms with van der Waals surface area (Å²) in [7, 11) is 0. The van der Waals surface area contributed by atoms with Crippen LogP contribution in [0.4, 0.5) is 0 Å². The van der Waals surface area contributed by atoms with Gasteiger partial charge in [-0.25, -0.2) is 0 Å². The highest BCUT2D eigenvalue weighted by molar-refractivity contribution is 5.70. The quantitative estimate of drug-likeness (QED) is 0.405. The summed E-state index contributed by atoms with van der Waals surface area (Å²) in [6.45, 7) is 8.18. The number of aliphatic hydroxyl groups excluding tert-OH is 1. The van der Waals surface area contributed by atoms with Crippen LogP contribution in [0.5, 0.6) is 0 Å². The Hall–Kier alpha value is -2.13. The summed E-state index contributed by atoms with van der Waals surface area (Å²) in [6.07, 6.45) is -0.546. The van der Waals surface area contributed by atoms with Gasteiger partial charge < -0.3 is 29.2 Å². The Morgan fingerprint density at radius 2 is 1.74 bits per heavy atom. The van der Waals surface area contributed by atoms with Crippen molar-refractivity contribution >= 4 is 17.9 Å². The summed E-state index contributed by atoms with van der Waals surface area (Å²) in [6, 6.07) is 0. The maximum atomic E-state index is 12.2. The molecule has 1 aliphatic carbocycles. The molecule has 1 heterocycles. The van der Waals surface area contributed by atoms with Gasteiger partial charge in [0.25, 0.3) is 0 Å². The number of esters is 3. The Kier molecular flexibility index (Phi) is 8.48. The Morgan fingerprint density at radius 3 is 2.32 bits per heavy atom. The largest absolute Gasteiger partial charge is 0.463 e. The van der Waals surface area contributed by atoms with Gasteiger partial charge in [0.15, 0.2) is 0 Å². The van der Waals surface area contributed by atoms with E-state index in [2.05, 4.69) is 0 Å². The van der Waals surface area contributed by atoms with Gasteiger partial charge in [-0.2, -0.15) is 0 Å². The molecule has 0 spiro atoms. The van der Waals surface area contributed by atoms with Crippen molar-refractivity contribution in [2.45, 2.75) is 71.9 Å². The Morgan fingerprint density at radius 1 is 1.13 bits per heavy atom. The van der Waals surface area contributed by atoms with Gasteiger partial charge in [-0.3, -0.25) is 14.4 Å². The first kappa shape index (κ1) is 25.1. The molecular formula is C22H34O9. The second-order valence-corrected chi connectivity index (χ2v) is 9.20. The van der Waals surface area contributed by atoms with Gasteiger partial charge in [-0.05, 0) is 18.3 Å². The molecule has 2 rings (SSSR count). The van der Waals surface area contributed by atoms with Crippen LogP contribution in [0.25, 0.3) is 0 Å². The van der Waals surface area contributed by atoms with E-state index < -0.39 is 48.4 Å². The molecule has 5 unspecified atom stereocenters. The summed E-state index contributed by atoms with van der Waals surface area (Å²) >= 11 is 0. The average molecular weight is 443 g/mol. The lowest BCUT2D eigenvalue weighted by atomic mass is 9.80. The number of hydrogen-bond acceptors (Lipinski definition) is 9. The van der Waals surface area contributed by atoms with Crippen LogP contribution in [0.3, 0.4) is 0 Å². The van der Waals surface area contributed by atoms with Crippen LogP contribution in [0.1, 0.15) is 53.9 Å². The first-order valence-corrected chi connectivity index (χ1v) is 10.7. The molecule has 1 aliphatic heterocycles. The van der Waals surface area contributed by atoms with E-state index in [9.17, 15) is 24.6 Å². The second kappa shape index (κ2) is 10.5. The zero-order chi connectivity index (χ0) is 23.3. The van der Waals surface area contributed by atoms with Crippen molar-refractivity contribution in [1.29, 1.82) is 0 Å². The Balaban J connectivity index is 2.24. The van der Waals surface area contributed by atoms with E-state index >= 15 is 0 Å². The van der Waals surface area contributed by atoms with Crippen LogP contribution in [0, 0.1) is 23.7 Å². The lowest BCUT2D eigenvalue weighted by Crippen LogP contribution is -2.54. The summed E-state index contributed by atoms with van der Waals surface area (Å²) < 4.78 is 21.4. The van der Waals surface area contributed by atoms with E-state index in [1.807, 2.05) is 27.7 Å². The highest BCUT2D eigenvalue weighted by Gasteiger charge is 2.61. The molecule has 31 heavy (non-hydrogen) atoms. The summed E-state index contributed by atoms with van der Waals surface area (Å²) in [4.78, 5) is 35.5. The number of fused-ring (bicyclic) bond motifs is 1. The molecule has 9 nitrogen and oxygen atoms in total. The van der Waals surface area contributed by atoms with Crippen molar-refractivity contribution in [3.05, 3.63) is 11.8 Å². The van der Waals surface area contributed by atoms with Gasteiger partial charge in [0.05, 0.1) is 18.3 Å². The SMILES string of the molecule is CC(=O)OCC1(O)C(O)CC2C(COC(=O)CC(C)C)=COC(OC(=O)CC(C)C)C21. The topological polar surface area (TPSA) is 129 Å². The number of ether oxygens (including phenoxy) is 4. The second-order valence-electron chi connectivity index (χ2n) is 9.20. The fourth-order valence-corrected chi connectivity index (χ4v) is 4.01. The van der Waals surface area contributed by atoms with Crippen molar-refractivity contribution in [3.63, 3.8) is 0 Å². The van der Waals surface area contributed by atoms with Crippen molar-refractivity contribution in [3.8, 4) is 0 Å². The number of aliphatic hydroxyl groups is 2. The van der Waals surface area contributed by atoms with Crippen molar-refractivity contribution in [2.24, 2.45) is 23.7 Å². The van der Waals surface area contributed by atoms with Crippen molar-refractivity contribution in [2.75, 3.05) is 13.2 Å². The Labute approximate surface area is 182 Å². The lowest BCUT2D eigenvalue weighted by molar-refractivity contribution is -0.221. The van der Waals surface area contributed by atoms with Gasteiger partial charge in [-0.1, -0.05) is 27.7 Å². The molecule has 9 heteroatoms. The molecule has 0 saturated heterocycles. The summed E-state index contributed by atoms with van der Waals surface area (Å²) in [5.41, 5.74) is -1.34. The van der Waals surface area contributed by atoms with E-state index in [1.165, 1.54) is 13.2 Å². The predicted octanol–water partition coefficient (Wildman–Crippen LogP) is 1.70. The highest BCUT2D eigenvalue weighted by atomic mass is 16.7. The van der Waals surface area contributed by atoms with E-state index in [-0.39, 0.29) is 43.7 Å². The van der Waals surface area contributed by atoms with Crippen LogP contribution in [-0.2, 0) is 33.3 Å². The zero-order valence-corrected chi connectivity index (χ0v) is 18.8. The third-order valence-electron chi connectivity index (χ3n) is 5.49. The van der Waals surface area contributed by atoms with Crippen molar-refractivity contribution < 1.29 is 43.5 Å². The van der Waals surface area contributed by atoms with Crippen molar-refractivity contribution in [1.82, 2.24) is 0 Å². The predicted molar refractivity (Wildman–Crippen MR) is 108 cm³/mol. The molecule has 0 radical (unpaired) electrons. The summed E-state index contributed by atoms with van der Waals surface area (Å²) in [5.74, 6) is -2.68. The Bertz CT molecular complexity index is 699. The van der Waals surface area contributed by atoms with Gasteiger partial charge in [0.1, 0.15) is 18.8 Å². The maximum absolute atomic E-state index is 12.2. The molecule has 0 aromatic heterocycles. The normalized spacial score (nSPS) is 29.8. The first-order chi connectivity index (χ1) is 14.4. The van der Waals surface area contributed by atoms with Gasteiger partial charge in [0.2, 0.25) is 6.29 Å². The fraction of sp³-hybridized carbons (Fsp3) is 0.773. The monoisotopic (exact) mass is 442 g/mol. The number of hydrogen-bond donors (Lipinski definition) is 2. The zero-order valence-electron chi connectivity index (χ0n) is 18.8. The fourth-order valence-electron chi connectivity index (χ4n) is 4.01. The minimum atomic E-state index is -1.89. The molecule has 2 N–H and O–H groups in total. The van der Waals surface area contributed by atoms with Crippen LogP contribution < -0.4 is 0 Å². The third kappa shape index (κ3) is 6.43. The molecule has 5 atom stereocenters. The van der Waals surface area contributed by atoms with E-state index in [0.29, 0.717) is 5.57 Å². The van der Waals surface area contributed by atoms with Crippen LogP contribution in [0.2, 0.25) is 0 Å². The van der Waals surface area contributed by atoms with Gasteiger partial charge >= 0.3 is 17.9 Å². The third-order valence-corrected chi connectivity index (χ3v) is 5.49. The molecule has 0 aromatic carbocycles. The average Bonchev–Trinajstić information content (AvgIpc) is 2.90. The van der Waals surface area contributed by atoms with Gasteiger partial charge in [0, 0.05) is 31.3 Å². The smallest absolute Gasteiger partial charge is 0.309 e.